The lowest BCUT2D eigenvalue weighted by Gasteiger charge is -2.26. The first-order valence-electron chi connectivity index (χ1n) is 9.32. The maximum atomic E-state index is 10.5. The lowest BCUT2D eigenvalue weighted by molar-refractivity contribution is 0.0696. The molecule has 1 aromatic carbocycles. The first-order chi connectivity index (χ1) is 10.9. The van der Waals surface area contributed by atoms with Crippen molar-refractivity contribution < 1.29 is 9.84 Å². The Bertz CT molecular complexity index is 408. The number of aliphatic hydroxyl groups excluding tert-OH is 1. The standard InChI is InChI=1S/C21H36O2/c1-6-23-20-12-10-18(11-13-20)8-7-9-19(14-16(2)3)21(22)15-17(4)5/h10-13,16-17,19,21-22H,6-9,14-15H2,1-5H3/t19-,21+/m1/s1. The average molecular weight is 321 g/mol. The molecule has 0 bridgehead atoms. The highest BCUT2D eigenvalue weighted by atomic mass is 16.5. The Morgan fingerprint density at radius 3 is 2.09 bits per heavy atom. The number of benzene rings is 1. The van der Waals surface area contributed by atoms with Crippen molar-refractivity contribution in [2.75, 3.05) is 6.61 Å². The van der Waals surface area contributed by atoms with Crippen molar-refractivity contribution in [1.29, 1.82) is 0 Å². The van der Waals surface area contributed by atoms with Crippen molar-refractivity contribution in [1.82, 2.24) is 0 Å². The minimum atomic E-state index is -0.155. The van der Waals surface area contributed by atoms with Gasteiger partial charge in [-0.2, -0.15) is 0 Å². The average Bonchev–Trinajstić information content (AvgIpc) is 2.47. The molecule has 2 atom stereocenters. The molecule has 0 aliphatic heterocycles. The number of hydrogen-bond acceptors (Lipinski definition) is 2. The maximum absolute atomic E-state index is 10.5. The van der Waals surface area contributed by atoms with Gasteiger partial charge >= 0.3 is 0 Å². The summed E-state index contributed by atoms with van der Waals surface area (Å²) in [5, 5.41) is 10.5. The first kappa shape index (κ1) is 20.0. The molecule has 0 aliphatic rings. The van der Waals surface area contributed by atoms with Gasteiger partial charge in [-0.1, -0.05) is 39.8 Å². The van der Waals surface area contributed by atoms with E-state index in [-0.39, 0.29) is 6.10 Å². The summed E-state index contributed by atoms with van der Waals surface area (Å²) in [7, 11) is 0. The largest absolute Gasteiger partial charge is 0.494 e. The van der Waals surface area contributed by atoms with Crippen LogP contribution in [-0.2, 0) is 6.42 Å². The Hall–Kier alpha value is -1.02. The highest BCUT2D eigenvalue weighted by Gasteiger charge is 2.21. The molecular weight excluding hydrogens is 284 g/mol. The van der Waals surface area contributed by atoms with E-state index in [1.807, 2.05) is 6.92 Å². The summed E-state index contributed by atoms with van der Waals surface area (Å²) in [6.45, 7) is 11.6. The molecule has 0 amide bonds. The maximum Gasteiger partial charge on any atom is 0.119 e. The fourth-order valence-corrected chi connectivity index (χ4v) is 3.24. The summed E-state index contributed by atoms with van der Waals surface area (Å²) in [4.78, 5) is 0. The van der Waals surface area contributed by atoms with E-state index in [0.29, 0.717) is 24.4 Å². The number of rotatable bonds is 11. The summed E-state index contributed by atoms with van der Waals surface area (Å²) in [5.41, 5.74) is 1.36. The van der Waals surface area contributed by atoms with Crippen LogP contribution in [0.4, 0.5) is 0 Å². The third-order valence-corrected chi connectivity index (χ3v) is 4.31. The van der Waals surface area contributed by atoms with Gasteiger partial charge in [0.2, 0.25) is 0 Å². The van der Waals surface area contributed by atoms with E-state index >= 15 is 0 Å². The van der Waals surface area contributed by atoms with Crippen LogP contribution in [0, 0.1) is 17.8 Å². The third-order valence-electron chi connectivity index (χ3n) is 4.31. The van der Waals surface area contributed by atoms with Gasteiger partial charge in [0.25, 0.3) is 0 Å². The van der Waals surface area contributed by atoms with E-state index in [9.17, 15) is 5.11 Å². The van der Waals surface area contributed by atoms with E-state index in [2.05, 4.69) is 52.0 Å². The molecule has 1 aromatic rings. The normalized spacial score (nSPS) is 14.3. The van der Waals surface area contributed by atoms with Crippen LogP contribution in [0.5, 0.6) is 5.75 Å². The van der Waals surface area contributed by atoms with Crippen molar-refractivity contribution in [3.05, 3.63) is 29.8 Å². The smallest absolute Gasteiger partial charge is 0.119 e. The van der Waals surface area contributed by atoms with Gasteiger partial charge in [-0.15, -0.1) is 0 Å². The van der Waals surface area contributed by atoms with Gasteiger partial charge in [0.15, 0.2) is 0 Å². The van der Waals surface area contributed by atoms with Crippen LogP contribution in [-0.4, -0.2) is 17.8 Å². The molecule has 0 heterocycles. The highest BCUT2D eigenvalue weighted by Crippen LogP contribution is 2.26. The van der Waals surface area contributed by atoms with E-state index in [0.717, 1.165) is 37.9 Å². The fraction of sp³-hybridized carbons (Fsp3) is 0.714. The summed E-state index contributed by atoms with van der Waals surface area (Å²) in [5.74, 6) is 2.58. The zero-order valence-electron chi connectivity index (χ0n) is 15.7. The fourth-order valence-electron chi connectivity index (χ4n) is 3.24. The van der Waals surface area contributed by atoms with E-state index in [1.165, 1.54) is 5.56 Å². The van der Waals surface area contributed by atoms with Gasteiger partial charge < -0.3 is 9.84 Å². The number of ether oxygens (including phenoxy) is 1. The minimum absolute atomic E-state index is 0.155. The second-order valence-electron chi connectivity index (χ2n) is 7.56. The van der Waals surface area contributed by atoms with Crippen molar-refractivity contribution in [2.45, 2.75) is 72.8 Å². The van der Waals surface area contributed by atoms with Crippen molar-refractivity contribution in [3.63, 3.8) is 0 Å². The van der Waals surface area contributed by atoms with Gasteiger partial charge in [0.05, 0.1) is 12.7 Å². The highest BCUT2D eigenvalue weighted by molar-refractivity contribution is 5.27. The van der Waals surface area contributed by atoms with Crippen molar-refractivity contribution in [2.24, 2.45) is 17.8 Å². The molecule has 2 heteroatoms. The van der Waals surface area contributed by atoms with Crippen LogP contribution < -0.4 is 4.74 Å². The Morgan fingerprint density at radius 1 is 0.957 bits per heavy atom. The molecule has 23 heavy (non-hydrogen) atoms. The Balaban J connectivity index is 2.47. The van der Waals surface area contributed by atoms with Crippen LogP contribution >= 0.6 is 0 Å². The quantitative estimate of drug-likeness (QED) is 0.585. The van der Waals surface area contributed by atoms with Gasteiger partial charge in [0, 0.05) is 0 Å². The second-order valence-corrected chi connectivity index (χ2v) is 7.56. The zero-order valence-corrected chi connectivity index (χ0v) is 15.7. The van der Waals surface area contributed by atoms with Crippen LogP contribution in [0.2, 0.25) is 0 Å². The summed E-state index contributed by atoms with van der Waals surface area (Å²) in [6.07, 6.45) is 5.21. The summed E-state index contributed by atoms with van der Waals surface area (Å²) < 4.78 is 5.48. The molecule has 0 fully saturated rings. The lowest BCUT2D eigenvalue weighted by atomic mass is 9.84. The Morgan fingerprint density at radius 2 is 1.57 bits per heavy atom. The molecule has 2 nitrogen and oxygen atoms in total. The van der Waals surface area contributed by atoms with E-state index in [1.54, 1.807) is 0 Å². The molecule has 0 aliphatic carbocycles. The predicted octanol–water partition coefficient (Wildman–Crippen LogP) is 5.48. The predicted molar refractivity (Wildman–Crippen MR) is 99.0 cm³/mol. The van der Waals surface area contributed by atoms with E-state index in [4.69, 9.17) is 4.74 Å². The molecule has 0 saturated carbocycles. The van der Waals surface area contributed by atoms with Crippen molar-refractivity contribution >= 4 is 0 Å². The van der Waals surface area contributed by atoms with E-state index < -0.39 is 0 Å². The molecule has 132 valence electrons. The van der Waals surface area contributed by atoms with Gasteiger partial charge in [-0.05, 0) is 74.5 Å². The molecule has 0 radical (unpaired) electrons. The zero-order chi connectivity index (χ0) is 17.2. The van der Waals surface area contributed by atoms with Gasteiger partial charge in [-0.25, -0.2) is 0 Å². The number of aliphatic hydroxyl groups is 1. The van der Waals surface area contributed by atoms with Crippen LogP contribution in [0.3, 0.4) is 0 Å². The molecule has 0 spiro atoms. The molecule has 0 unspecified atom stereocenters. The molecule has 0 saturated heterocycles. The minimum Gasteiger partial charge on any atom is -0.494 e. The molecular formula is C21H36O2. The molecule has 0 aromatic heterocycles. The van der Waals surface area contributed by atoms with Crippen LogP contribution in [0.15, 0.2) is 24.3 Å². The van der Waals surface area contributed by atoms with Gasteiger partial charge in [0.1, 0.15) is 5.75 Å². The third kappa shape index (κ3) is 8.41. The van der Waals surface area contributed by atoms with Gasteiger partial charge in [-0.3, -0.25) is 0 Å². The second kappa shape index (κ2) is 10.7. The lowest BCUT2D eigenvalue weighted by Crippen LogP contribution is -2.24. The number of aryl methyl sites for hydroxylation is 1. The van der Waals surface area contributed by atoms with Crippen molar-refractivity contribution in [3.8, 4) is 5.75 Å². The SMILES string of the molecule is CCOc1ccc(CCC[C@H](CC(C)C)[C@@H](O)CC(C)C)cc1. The topological polar surface area (TPSA) is 29.5 Å². The number of hydrogen-bond donors (Lipinski definition) is 1. The molecule has 1 N–H and O–H groups in total. The summed E-state index contributed by atoms with van der Waals surface area (Å²) >= 11 is 0. The van der Waals surface area contributed by atoms with Crippen LogP contribution in [0.1, 0.15) is 65.9 Å². The van der Waals surface area contributed by atoms with Crippen LogP contribution in [0.25, 0.3) is 0 Å². The summed E-state index contributed by atoms with van der Waals surface area (Å²) in [6, 6.07) is 8.43. The monoisotopic (exact) mass is 320 g/mol. The Labute approximate surface area is 143 Å². The first-order valence-corrected chi connectivity index (χ1v) is 9.32. The Kier molecular flexibility index (Phi) is 9.31. The molecule has 1 rings (SSSR count).